The fraction of sp³-hybridized carbons (Fsp3) is 0.212. The third kappa shape index (κ3) is 9.55. The minimum Gasteiger partial charge on any atom is -0.448 e. The summed E-state index contributed by atoms with van der Waals surface area (Å²) in [6.07, 6.45) is -1.33. The van der Waals surface area contributed by atoms with Crippen molar-refractivity contribution in [3.8, 4) is 0 Å². The molecule has 358 valence electrons. The van der Waals surface area contributed by atoms with Crippen LogP contribution in [0.1, 0.15) is 46.0 Å². The maximum absolute atomic E-state index is 14.7. The van der Waals surface area contributed by atoms with Gasteiger partial charge in [-0.25, -0.2) is 14.5 Å². The van der Waals surface area contributed by atoms with Crippen LogP contribution in [-0.2, 0) is 41.3 Å². The quantitative estimate of drug-likeness (QED) is 0.0243. The first-order valence-electron chi connectivity index (χ1n) is 22.7. The average Bonchev–Trinajstić information content (AvgIpc) is 4.15. The topological polar surface area (TPSA) is 186 Å². The van der Waals surface area contributed by atoms with E-state index in [2.05, 4.69) is 67.7 Å². The Balaban J connectivity index is 0.958. The lowest BCUT2D eigenvalue weighted by Gasteiger charge is -2.49. The van der Waals surface area contributed by atoms with Crippen LogP contribution in [0.5, 0.6) is 0 Å². The number of thiazole rings is 1. The van der Waals surface area contributed by atoms with Gasteiger partial charge in [0.2, 0.25) is 11.3 Å². The third-order valence-electron chi connectivity index (χ3n) is 12.4. The summed E-state index contributed by atoms with van der Waals surface area (Å²) >= 11 is 3.99. The number of anilines is 1. The molecule has 0 spiro atoms. The van der Waals surface area contributed by atoms with Gasteiger partial charge in [-0.1, -0.05) is 169 Å². The molecule has 7 aromatic rings. The molecule has 1 unspecified atom stereocenters. The van der Waals surface area contributed by atoms with E-state index in [-0.39, 0.29) is 28.8 Å². The van der Waals surface area contributed by atoms with Gasteiger partial charge in [-0.05, 0) is 43.8 Å². The van der Waals surface area contributed by atoms with Crippen LogP contribution in [0.15, 0.2) is 179 Å². The smallest absolute Gasteiger partial charge is 0.356 e. The number of rotatable bonds is 17. The Hall–Kier alpha value is -7.61. The lowest BCUT2D eigenvalue weighted by atomic mass is 9.77. The number of likely N-dealkylation sites (tertiary alicyclic amines) is 1. The molecule has 5 aromatic carbocycles. The van der Waals surface area contributed by atoms with Crippen LogP contribution in [0.4, 0.5) is 5.13 Å². The number of nitrogens with one attached hydrogen (secondary N) is 2. The number of aryl methyl sites for hydroxylation is 1. The van der Waals surface area contributed by atoms with Gasteiger partial charge in [0.25, 0.3) is 17.7 Å². The molecule has 2 saturated heterocycles. The predicted octanol–water partition coefficient (Wildman–Crippen LogP) is 6.80. The minimum absolute atomic E-state index is 0.0961. The summed E-state index contributed by atoms with van der Waals surface area (Å²) in [5.74, 6) is -1.62. The summed E-state index contributed by atoms with van der Waals surface area (Å²) in [7, 11) is 3.39. The van der Waals surface area contributed by atoms with Gasteiger partial charge in [0.05, 0.1) is 0 Å². The van der Waals surface area contributed by atoms with Crippen LogP contribution in [0.3, 0.4) is 0 Å². The molecule has 2 fully saturated rings. The lowest BCUT2D eigenvalue weighted by Crippen LogP contribution is -2.71. The fourth-order valence-electron chi connectivity index (χ4n) is 8.82. The molecule has 0 bridgehead atoms. The number of oxime groups is 1. The summed E-state index contributed by atoms with van der Waals surface area (Å²) in [5.41, 5.74) is 4.10. The second-order valence-electron chi connectivity index (χ2n) is 16.9. The number of tetrazole rings is 1. The molecule has 0 radical (unpaired) electrons. The Kier molecular flexibility index (Phi) is 13.8. The van der Waals surface area contributed by atoms with Crippen molar-refractivity contribution in [2.45, 2.75) is 40.7 Å². The molecule has 10 rings (SSSR count). The molecule has 71 heavy (non-hydrogen) atoms. The van der Waals surface area contributed by atoms with Crippen LogP contribution < -0.4 is 10.6 Å². The normalized spacial score (nSPS) is 18.0. The molecule has 2 aromatic heterocycles. The zero-order valence-corrected chi connectivity index (χ0v) is 40.9. The van der Waals surface area contributed by atoms with Crippen molar-refractivity contribution < 1.29 is 28.8 Å². The van der Waals surface area contributed by atoms with E-state index >= 15 is 0 Å². The summed E-state index contributed by atoms with van der Waals surface area (Å²) in [5, 5.41) is 24.7. The van der Waals surface area contributed by atoms with E-state index in [1.807, 2.05) is 115 Å². The maximum atomic E-state index is 14.7. The van der Waals surface area contributed by atoms with Crippen molar-refractivity contribution in [3.63, 3.8) is 0 Å². The molecular weight excluding hydrogens is 957 g/mol. The highest BCUT2D eigenvalue weighted by atomic mass is 32.2. The van der Waals surface area contributed by atoms with E-state index < -0.39 is 46.9 Å². The van der Waals surface area contributed by atoms with E-state index in [4.69, 9.17) is 14.6 Å². The molecule has 3 amide bonds. The van der Waals surface area contributed by atoms with Gasteiger partial charge in [0.15, 0.2) is 16.9 Å². The number of aromatic nitrogens is 5. The number of likely N-dealkylation sites (N-methyl/N-ethyl adjacent to an activating group) is 1. The Morgan fingerprint density at radius 3 is 1.93 bits per heavy atom. The molecule has 3 aliphatic heterocycles. The van der Waals surface area contributed by atoms with Gasteiger partial charge >= 0.3 is 5.97 Å². The Bertz CT molecular complexity index is 2970. The minimum atomic E-state index is -1.07. The zero-order chi connectivity index (χ0) is 48.9. The van der Waals surface area contributed by atoms with Gasteiger partial charge in [-0.3, -0.25) is 19.3 Å². The molecule has 2 N–H and O–H groups in total. The molecule has 0 saturated carbocycles. The number of ether oxygens (including phenoxy) is 1. The Morgan fingerprint density at radius 1 is 0.817 bits per heavy atom. The summed E-state index contributed by atoms with van der Waals surface area (Å²) in [4.78, 5) is 70.6. The molecule has 5 heterocycles. The molecule has 3 atom stereocenters. The largest absolute Gasteiger partial charge is 0.448 e. The predicted molar refractivity (Wildman–Crippen MR) is 271 cm³/mol. The number of benzene rings is 5. The van der Waals surface area contributed by atoms with Crippen LogP contribution in [0.25, 0.3) is 0 Å². The number of β-lactam (4-membered cyclic amide) rings is 1. The van der Waals surface area contributed by atoms with Gasteiger partial charge in [0, 0.05) is 43.9 Å². The number of fused-ring (bicyclic) bond motifs is 1. The average molecular weight is 1000 g/mol. The number of hydrogen-bond acceptors (Lipinski definition) is 15. The molecule has 16 nitrogen and oxygen atoms in total. The van der Waals surface area contributed by atoms with Crippen molar-refractivity contribution in [3.05, 3.63) is 202 Å². The highest BCUT2D eigenvalue weighted by Gasteiger charge is 2.55. The summed E-state index contributed by atoms with van der Waals surface area (Å²) in [6, 6.07) is 47.8. The van der Waals surface area contributed by atoms with Crippen LogP contribution in [0.2, 0.25) is 0 Å². The highest BCUT2D eigenvalue weighted by Crippen LogP contribution is 2.44. The van der Waals surface area contributed by atoms with E-state index in [9.17, 15) is 19.2 Å². The number of hydrogen-bond donors (Lipinski definition) is 2. The standard InChI is InChI=1S/C52H46N10O6S3/c1-60-29-28-40(46(60)64)68-57-41(39-32-70-50(53-39)55-52(36-22-12-5-13-23-36,37-24-14-6-15-25-37)38-26-16-7-17-27-38)45(63)54-42-47(65)62-43(35(30-69-48(42)62)31-71-51-56-58-59-61(51)2)49(66)67-44(33-18-8-3-9-19-33)34-20-10-4-11-21-34/h3-27,32,40,42,44,48H,28-31H2,1-2H3,(H,53,55)(H,54,63)/b57-41-/t40?,42-,48-/m1/s1. The number of carbonyl (C=O) groups is 4. The molecule has 0 aliphatic carbocycles. The number of amides is 3. The van der Waals surface area contributed by atoms with Crippen molar-refractivity contribution >= 4 is 69.4 Å². The summed E-state index contributed by atoms with van der Waals surface area (Å²) < 4.78 is 7.89. The lowest BCUT2D eigenvalue weighted by molar-refractivity contribution is -0.154. The first-order valence-corrected chi connectivity index (χ1v) is 25.6. The number of esters is 1. The van der Waals surface area contributed by atoms with Gasteiger partial charge < -0.3 is 25.1 Å². The first kappa shape index (κ1) is 47.1. The first-order chi connectivity index (χ1) is 34.7. The van der Waals surface area contributed by atoms with Crippen molar-refractivity contribution in [2.75, 3.05) is 30.4 Å². The molecule has 19 heteroatoms. The summed E-state index contributed by atoms with van der Waals surface area (Å²) in [6.45, 7) is 0.461. The van der Waals surface area contributed by atoms with E-state index in [1.165, 1.54) is 49.3 Å². The Labute approximate surface area is 421 Å². The maximum Gasteiger partial charge on any atom is 0.356 e. The second kappa shape index (κ2) is 20.8. The molecular formula is C52H46N10O6S3. The van der Waals surface area contributed by atoms with E-state index in [1.54, 1.807) is 19.5 Å². The number of nitrogens with zero attached hydrogens (tertiary/aromatic N) is 8. The molecule has 3 aliphatic rings. The van der Waals surface area contributed by atoms with Crippen LogP contribution >= 0.6 is 34.9 Å². The third-order valence-corrected chi connectivity index (χ3v) is 15.6. The number of thioether (sulfide) groups is 2. The van der Waals surface area contributed by atoms with E-state index in [0.29, 0.717) is 34.6 Å². The Morgan fingerprint density at radius 2 is 1.39 bits per heavy atom. The van der Waals surface area contributed by atoms with Gasteiger partial charge in [-0.2, -0.15) is 0 Å². The van der Waals surface area contributed by atoms with Crippen LogP contribution in [0, 0.1) is 0 Å². The SMILES string of the molecule is CN1CCC(O/N=C(\C(=O)N[C@@H]2C(=O)N3C(C(=O)OC(c4ccccc4)c4ccccc4)=C(CSc4nnnn4C)CS[C@H]23)c2csc(NC(c3ccccc3)(c3ccccc3)c3ccccc3)n2)C1=O. The monoisotopic (exact) mass is 1000 g/mol. The zero-order valence-electron chi connectivity index (χ0n) is 38.4. The van der Waals surface area contributed by atoms with Gasteiger partial charge in [-0.15, -0.1) is 28.2 Å². The fourth-order valence-corrected chi connectivity index (χ4v) is 11.9. The van der Waals surface area contributed by atoms with Crippen molar-refractivity contribution in [1.82, 2.24) is 40.3 Å². The number of carbonyl (C=O) groups excluding carboxylic acids is 4. The van der Waals surface area contributed by atoms with Crippen molar-refractivity contribution in [2.24, 2.45) is 12.2 Å². The second-order valence-corrected chi connectivity index (χ2v) is 19.8. The van der Waals surface area contributed by atoms with Crippen LogP contribution in [-0.4, -0.2) is 107 Å². The highest BCUT2D eigenvalue weighted by molar-refractivity contribution is 8.01. The van der Waals surface area contributed by atoms with E-state index in [0.717, 1.165) is 27.8 Å². The van der Waals surface area contributed by atoms with Crippen molar-refractivity contribution in [1.29, 1.82) is 0 Å². The van der Waals surface area contributed by atoms with Gasteiger partial charge in [0.1, 0.15) is 28.3 Å².